The minimum absolute atomic E-state index is 0.0332. The number of aliphatic hydroxyl groups excluding tert-OH is 1. The van der Waals surface area contributed by atoms with E-state index in [4.69, 9.17) is 0 Å². The van der Waals surface area contributed by atoms with Crippen LogP contribution in [0.25, 0.3) is 5.69 Å². The van der Waals surface area contributed by atoms with Crippen molar-refractivity contribution in [2.75, 3.05) is 0 Å². The number of hydrogen-bond donors (Lipinski definition) is 1. The molecule has 9 heteroatoms. The molecule has 1 aliphatic rings. The van der Waals surface area contributed by atoms with Gasteiger partial charge in [0.15, 0.2) is 0 Å². The highest BCUT2D eigenvalue weighted by molar-refractivity contribution is 5.45. The second kappa shape index (κ2) is 4.98. The Morgan fingerprint density at radius 2 is 1.96 bits per heavy atom. The summed E-state index contributed by atoms with van der Waals surface area (Å²) in [6, 6.07) is 0.937. The van der Waals surface area contributed by atoms with Crippen LogP contribution in [-0.2, 0) is 12.6 Å². The lowest BCUT2D eigenvalue weighted by Gasteiger charge is -2.29. The monoisotopic (exact) mass is 336 g/mol. The van der Waals surface area contributed by atoms with E-state index in [0.29, 0.717) is 6.20 Å². The van der Waals surface area contributed by atoms with Gasteiger partial charge in [0.05, 0.1) is 23.6 Å². The fourth-order valence-electron chi connectivity index (χ4n) is 2.74. The quantitative estimate of drug-likeness (QED) is 0.808. The molecular formula is C14H10F6N2O. The molecule has 0 spiro atoms. The van der Waals surface area contributed by atoms with Crippen LogP contribution in [0, 0.1) is 5.82 Å². The average Bonchev–Trinajstić information content (AvgIpc) is 2.83. The molecule has 2 heterocycles. The fraction of sp³-hybridized carbons (Fsp3) is 0.357. The van der Waals surface area contributed by atoms with Crippen molar-refractivity contribution in [3.05, 3.63) is 47.3 Å². The lowest BCUT2D eigenvalue weighted by atomic mass is 9.89. The van der Waals surface area contributed by atoms with Crippen molar-refractivity contribution in [3.8, 4) is 5.69 Å². The first-order valence-corrected chi connectivity index (χ1v) is 6.59. The Labute approximate surface area is 126 Å². The molecule has 1 aliphatic carbocycles. The maximum atomic E-state index is 13.6. The third-order valence-electron chi connectivity index (χ3n) is 3.79. The molecule has 0 aliphatic heterocycles. The first-order valence-electron chi connectivity index (χ1n) is 6.59. The van der Waals surface area contributed by atoms with E-state index >= 15 is 0 Å². The highest BCUT2D eigenvalue weighted by atomic mass is 19.4. The number of alkyl halides is 5. The van der Waals surface area contributed by atoms with E-state index in [9.17, 15) is 31.4 Å². The number of nitrogens with zero attached hydrogens (tertiary/aromatic N) is 2. The number of aliphatic hydroxyl groups is 1. The van der Waals surface area contributed by atoms with E-state index in [0.717, 1.165) is 23.0 Å². The number of hydrogen-bond acceptors (Lipinski definition) is 2. The molecule has 0 fully saturated rings. The smallest absolute Gasteiger partial charge is 0.382 e. The van der Waals surface area contributed by atoms with Crippen LogP contribution in [0.2, 0.25) is 0 Å². The van der Waals surface area contributed by atoms with Crippen molar-refractivity contribution in [2.45, 2.75) is 31.0 Å². The molecule has 23 heavy (non-hydrogen) atoms. The van der Waals surface area contributed by atoms with Crippen LogP contribution in [0.1, 0.15) is 29.3 Å². The molecule has 0 radical (unpaired) electrons. The molecule has 3 nitrogen and oxygen atoms in total. The van der Waals surface area contributed by atoms with Gasteiger partial charge in [-0.3, -0.25) is 4.98 Å². The first kappa shape index (κ1) is 15.9. The summed E-state index contributed by atoms with van der Waals surface area (Å²) in [5.41, 5.74) is -2.38. The zero-order chi connectivity index (χ0) is 17.0. The second-order valence-electron chi connectivity index (χ2n) is 5.30. The van der Waals surface area contributed by atoms with Crippen LogP contribution < -0.4 is 0 Å². The van der Waals surface area contributed by atoms with Crippen molar-refractivity contribution in [1.29, 1.82) is 0 Å². The summed E-state index contributed by atoms with van der Waals surface area (Å²) < 4.78 is 80.9. The van der Waals surface area contributed by atoms with Crippen LogP contribution in [0.4, 0.5) is 26.3 Å². The summed E-state index contributed by atoms with van der Waals surface area (Å²) in [6.45, 7) is 0. The summed E-state index contributed by atoms with van der Waals surface area (Å²) in [5, 5.41) is 9.70. The van der Waals surface area contributed by atoms with Crippen molar-refractivity contribution < 1.29 is 31.4 Å². The van der Waals surface area contributed by atoms with Crippen molar-refractivity contribution in [1.82, 2.24) is 9.55 Å². The second-order valence-corrected chi connectivity index (χ2v) is 5.30. The zero-order valence-corrected chi connectivity index (χ0v) is 11.4. The summed E-state index contributed by atoms with van der Waals surface area (Å²) in [6.07, 6.45) is -6.10. The molecule has 0 saturated heterocycles. The number of rotatable bonds is 1. The first-order chi connectivity index (χ1) is 10.6. The maximum absolute atomic E-state index is 13.6. The molecule has 0 saturated carbocycles. The minimum Gasteiger partial charge on any atom is -0.382 e. The van der Waals surface area contributed by atoms with Gasteiger partial charge in [-0.05, 0) is 6.42 Å². The Morgan fingerprint density at radius 1 is 1.26 bits per heavy atom. The van der Waals surface area contributed by atoms with Crippen LogP contribution in [-0.4, -0.2) is 20.6 Å². The molecule has 2 aromatic rings. The predicted octanol–water partition coefficient (Wildman–Crippen LogP) is 3.65. The molecule has 124 valence electrons. The van der Waals surface area contributed by atoms with Crippen LogP contribution in [0.15, 0.2) is 24.7 Å². The van der Waals surface area contributed by atoms with Crippen LogP contribution in [0.3, 0.4) is 0 Å². The lowest BCUT2D eigenvalue weighted by Crippen LogP contribution is -2.33. The van der Waals surface area contributed by atoms with Crippen molar-refractivity contribution in [3.63, 3.8) is 0 Å². The molecule has 0 aromatic carbocycles. The average molecular weight is 336 g/mol. The zero-order valence-electron chi connectivity index (χ0n) is 11.4. The molecule has 0 amide bonds. The van der Waals surface area contributed by atoms with E-state index in [-0.39, 0.29) is 17.8 Å². The van der Waals surface area contributed by atoms with Crippen molar-refractivity contribution >= 4 is 0 Å². The lowest BCUT2D eigenvalue weighted by molar-refractivity contribution is -0.147. The molecule has 2 aromatic heterocycles. The van der Waals surface area contributed by atoms with Gasteiger partial charge < -0.3 is 9.67 Å². The molecule has 1 N–H and O–H groups in total. The summed E-state index contributed by atoms with van der Waals surface area (Å²) in [5.74, 6) is -4.43. The predicted molar refractivity (Wildman–Crippen MR) is 66.8 cm³/mol. The summed E-state index contributed by atoms with van der Waals surface area (Å²) >= 11 is 0. The van der Waals surface area contributed by atoms with Crippen LogP contribution in [0.5, 0.6) is 0 Å². The fourth-order valence-corrected chi connectivity index (χ4v) is 2.74. The Kier molecular flexibility index (Phi) is 3.44. The Hall–Kier alpha value is -2.03. The van der Waals surface area contributed by atoms with E-state index in [1.54, 1.807) is 0 Å². The number of pyridine rings is 1. The maximum Gasteiger partial charge on any atom is 0.418 e. The van der Waals surface area contributed by atoms with E-state index in [1.807, 2.05) is 0 Å². The standard InChI is InChI=1S/C14H10F6N2O/c15-7-3-8(5-21-4-7)22-6-9(14(18,19)20)11-10(22)1-2-13(16,17)12(11)23/h3-6,12,23H,1-2H2. The molecule has 1 atom stereocenters. The van der Waals surface area contributed by atoms with Gasteiger partial charge in [-0.15, -0.1) is 0 Å². The van der Waals surface area contributed by atoms with Gasteiger partial charge in [-0.2, -0.15) is 13.2 Å². The van der Waals surface area contributed by atoms with Crippen LogP contribution >= 0.6 is 0 Å². The van der Waals surface area contributed by atoms with Gasteiger partial charge in [0.1, 0.15) is 11.9 Å². The highest BCUT2D eigenvalue weighted by Gasteiger charge is 2.50. The Balaban J connectivity index is 2.25. The number of aromatic nitrogens is 2. The van der Waals surface area contributed by atoms with Gasteiger partial charge in [0, 0.05) is 29.9 Å². The molecular weight excluding hydrogens is 326 g/mol. The van der Waals surface area contributed by atoms with E-state index < -0.39 is 41.6 Å². The SMILES string of the molecule is OC1c2c(C(F)(F)F)cn(-c3cncc(F)c3)c2CCC1(F)F. The van der Waals surface area contributed by atoms with Gasteiger partial charge >= 0.3 is 6.18 Å². The topological polar surface area (TPSA) is 38.0 Å². The number of halogens is 6. The van der Waals surface area contributed by atoms with Gasteiger partial charge in [0.2, 0.25) is 0 Å². The molecule has 1 unspecified atom stereocenters. The van der Waals surface area contributed by atoms with E-state index in [2.05, 4.69) is 4.98 Å². The molecule has 0 bridgehead atoms. The van der Waals surface area contributed by atoms with E-state index in [1.165, 1.54) is 0 Å². The van der Waals surface area contributed by atoms with Gasteiger partial charge in [-0.25, -0.2) is 13.2 Å². The molecule has 3 rings (SSSR count). The normalized spacial score (nSPS) is 20.4. The Bertz CT molecular complexity index is 752. The van der Waals surface area contributed by atoms with Gasteiger partial charge in [-0.1, -0.05) is 0 Å². The minimum atomic E-state index is -4.93. The third kappa shape index (κ3) is 2.58. The summed E-state index contributed by atoms with van der Waals surface area (Å²) in [7, 11) is 0. The highest BCUT2D eigenvalue weighted by Crippen LogP contribution is 2.48. The van der Waals surface area contributed by atoms with Gasteiger partial charge in [0.25, 0.3) is 5.92 Å². The van der Waals surface area contributed by atoms with Crippen molar-refractivity contribution in [2.24, 2.45) is 0 Å². The largest absolute Gasteiger partial charge is 0.418 e. The third-order valence-corrected chi connectivity index (χ3v) is 3.79. The number of fused-ring (bicyclic) bond motifs is 1. The Morgan fingerprint density at radius 3 is 2.57 bits per heavy atom. The summed E-state index contributed by atoms with van der Waals surface area (Å²) in [4.78, 5) is 3.54.